The van der Waals surface area contributed by atoms with Crippen molar-refractivity contribution < 1.29 is 0 Å². The Bertz CT molecular complexity index is 805. The van der Waals surface area contributed by atoms with Gasteiger partial charge in [-0.1, -0.05) is 30.3 Å². The van der Waals surface area contributed by atoms with Crippen LogP contribution in [-0.2, 0) is 6.54 Å². The SMILES string of the molecule is Cc1sc2nc(NCc3ccccc3)[nH]c(=O)c2c1C. The number of hydrogen-bond donors (Lipinski definition) is 2. The van der Waals surface area contributed by atoms with Gasteiger partial charge in [0.05, 0.1) is 5.39 Å². The first-order valence-electron chi connectivity index (χ1n) is 6.43. The fourth-order valence-corrected chi connectivity index (χ4v) is 3.15. The zero-order valence-electron chi connectivity index (χ0n) is 11.4. The number of anilines is 1. The molecule has 1 aromatic carbocycles. The molecule has 0 saturated carbocycles. The molecule has 2 N–H and O–H groups in total. The van der Waals surface area contributed by atoms with Crippen LogP contribution in [0.2, 0.25) is 0 Å². The predicted molar refractivity (Wildman–Crippen MR) is 83.5 cm³/mol. The minimum absolute atomic E-state index is 0.0765. The molecule has 0 radical (unpaired) electrons. The van der Waals surface area contributed by atoms with Crippen LogP contribution in [0.25, 0.3) is 10.2 Å². The number of H-pyrrole nitrogens is 1. The summed E-state index contributed by atoms with van der Waals surface area (Å²) in [5, 5.41) is 3.87. The molecule has 3 aromatic rings. The normalized spacial score (nSPS) is 10.9. The van der Waals surface area contributed by atoms with Gasteiger partial charge in [0.15, 0.2) is 0 Å². The molecule has 20 heavy (non-hydrogen) atoms. The maximum atomic E-state index is 12.1. The smallest absolute Gasteiger partial charge is 0.261 e. The average molecular weight is 285 g/mol. The van der Waals surface area contributed by atoms with Crippen LogP contribution in [0.1, 0.15) is 16.0 Å². The highest BCUT2D eigenvalue weighted by atomic mass is 32.1. The van der Waals surface area contributed by atoms with Gasteiger partial charge >= 0.3 is 0 Å². The first-order valence-corrected chi connectivity index (χ1v) is 7.24. The quantitative estimate of drug-likeness (QED) is 0.777. The highest BCUT2D eigenvalue weighted by Crippen LogP contribution is 2.26. The van der Waals surface area contributed by atoms with Crippen molar-refractivity contribution in [2.45, 2.75) is 20.4 Å². The predicted octanol–water partition coefficient (Wildman–Crippen LogP) is 3.21. The third-order valence-corrected chi connectivity index (χ3v) is 4.44. The maximum Gasteiger partial charge on any atom is 0.261 e. The van der Waals surface area contributed by atoms with Gasteiger partial charge in [-0.3, -0.25) is 9.78 Å². The number of aryl methyl sites for hydroxylation is 2. The molecule has 2 aromatic heterocycles. The summed E-state index contributed by atoms with van der Waals surface area (Å²) in [7, 11) is 0. The van der Waals surface area contributed by atoms with Crippen molar-refractivity contribution in [1.29, 1.82) is 0 Å². The molecular weight excluding hydrogens is 270 g/mol. The third kappa shape index (κ3) is 2.32. The van der Waals surface area contributed by atoms with Crippen LogP contribution < -0.4 is 10.9 Å². The van der Waals surface area contributed by atoms with Gasteiger partial charge in [0.1, 0.15) is 4.83 Å². The molecular formula is C15H15N3OS. The van der Waals surface area contributed by atoms with E-state index in [-0.39, 0.29) is 5.56 Å². The Morgan fingerprint density at radius 1 is 1.25 bits per heavy atom. The highest BCUT2D eigenvalue weighted by molar-refractivity contribution is 7.18. The van der Waals surface area contributed by atoms with E-state index in [1.807, 2.05) is 44.2 Å². The summed E-state index contributed by atoms with van der Waals surface area (Å²) in [6.07, 6.45) is 0. The molecule has 102 valence electrons. The zero-order valence-corrected chi connectivity index (χ0v) is 12.2. The molecule has 0 unspecified atom stereocenters. The third-order valence-electron chi connectivity index (χ3n) is 3.34. The van der Waals surface area contributed by atoms with E-state index >= 15 is 0 Å². The second kappa shape index (κ2) is 5.09. The van der Waals surface area contributed by atoms with E-state index in [0.717, 1.165) is 20.8 Å². The molecule has 0 spiro atoms. The molecule has 0 aliphatic rings. The molecule has 4 nitrogen and oxygen atoms in total. The van der Waals surface area contributed by atoms with Crippen LogP contribution in [0.3, 0.4) is 0 Å². The van der Waals surface area contributed by atoms with E-state index in [0.29, 0.717) is 17.9 Å². The lowest BCUT2D eigenvalue weighted by Gasteiger charge is -2.05. The fraction of sp³-hybridized carbons (Fsp3) is 0.200. The van der Waals surface area contributed by atoms with E-state index in [1.54, 1.807) is 11.3 Å². The maximum absolute atomic E-state index is 12.1. The van der Waals surface area contributed by atoms with Gasteiger partial charge in [0.25, 0.3) is 5.56 Å². The summed E-state index contributed by atoms with van der Waals surface area (Å²) >= 11 is 1.56. The van der Waals surface area contributed by atoms with E-state index in [9.17, 15) is 4.79 Å². The van der Waals surface area contributed by atoms with Gasteiger partial charge in [0.2, 0.25) is 5.95 Å². The Hall–Kier alpha value is -2.14. The number of benzene rings is 1. The Morgan fingerprint density at radius 2 is 2.00 bits per heavy atom. The average Bonchev–Trinajstić information content (AvgIpc) is 2.73. The molecule has 3 rings (SSSR count). The largest absolute Gasteiger partial charge is 0.352 e. The minimum atomic E-state index is -0.0765. The zero-order chi connectivity index (χ0) is 14.1. The second-order valence-corrected chi connectivity index (χ2v) is 5.92. The van der Waals surface area contributed by atoms with Crippen molar-refractivity contribution >= 4 is 27.5 Å². The van der Waals surface area contributed by atoms with E-state index in [1.165, 1.54) is 0 Å². The number of hydrogen-bond acceptors (Lipinski definition) is 4. The summed E-state index contributed by atoms with van der Waals surface area (Å²) in [6.45, 7) is 4.61. The first-order chi connectivity index (χ1) is 9.65. The first kappa shape index (κ1) is 12.9. The molecule has 0 aliphatic carbocycles. The van der Waals surface area contributed by atoms with Crippen molar-refractivity contribution in [2.24, 2.45) is 0 Å². The molecule has 0 fully saturated rings. The molecule has 0 amide bonds. The van der Waals surface area contributed by atoms with Gasteiger partial charge in [0, 0.05) is 11.4 Å². The van der Waals surface area contributed by atoms with Gasteiger partial charge in [-0.05, 0) is 25.0 Å². The summed E-state index contributed by atoms with van der Waals surface area (Å²) in [6, 6.07) is 10.0. The summed E-state index contributed by atoms with van der Waals surface area (Å²) in [4.78, 5) is 21.3. The minimum Gasteiger partial charge on any atom is -0.352 e. The summed E-state index contributed by atoms with van der Waals surface area (Å²) in [5.41, 5.74) is 2.09. The number of aromatic amines is 1. The van der Waals surface area contributed by atoms with E-state index < -0.39 is 0 Å². The van der Waals surface area contributed by atoms with Crippen LogP contribution in [0.4, 0.5) is 5.95 Å². The lowest BCUT2D eigenvalue weighted by molar-refractivity contribution is 1.06. The Balaban J connectivity index is 1.91. The van der Waals surface area contributed by atoms with Crippen molar-refractivity contribution in [3.05, 3.63) is 56.7 Å². The van der Waals surface area contributed by atoms with Gasteiger partial charge in [-0.2, -0.15) is 0 Å². The molecule has 0 saturated heterocycles. The Morgan fingerprint density at radius 3 is 2.75 bits per heavy atom. The van der Waals surface area contributed by atoms with Crippen molar-refractivity contribution in [3.8, 4) is 0 Å². The topological polar surface area (TPSA) is 57.8 Å². The number of aromatic nitrogens is 2. The van der Waals surface area contributed by atoms with Crippen LogP contribution >= 0.6 is 11.3 Å². The lowest BCUT2D eigenvalue weighted by atomic mass is 10.2. The summed E-state index contributed by atoms with van der Waals surface area (Å²) in [5.74, 6) is 0.521. The standard InChI is InChI=1S/C15H15N3OS/c1-9-10(2)20-14-12(9)13(19)17-15(18-14)16-8-11-6-4-3-5-7-11/h3-7H,8H2,1-2H3,(H2,16,17,18,19). The number of thiophene rings is 1. The molecule has 2 heterocycles. The van der Waals surface area contributed by atoms with Crippen LogP contribution in [-0.4, -0.2) is 9.97 Å². The van der Waals surface area contributed by atoms with Gasteiger partial charge < -0.3 is 5.32 Å². The molecule has 0 atom stereocenters. The van der Waals surface area contributed by atoms with Gasteiger partial charge in [-0.15, -0.1) is 11.3 Å². The number of rotatable bonds is 3. The van der Waals surface area contributed by atoms with Crippen molar-refractivity contribution in [2.75, 3.05) is 5.32 Å². The second-order valence-electron chi connectivity index (χ2n) is 4.72. The molecule has 0 bridgehead atoms. The Kier molecular flexibility index (Phi) is 3.28. The monoisotopic (exact) mass is 285 g/mol. The van der Waals surface area contributed by atoms with E-state index in [2.05, 4.69) is 15.3 Å². The van der Waals surface area contributed by atoms with Crippen LogP contribution in [0.5, 0.6) is 0 Å². The number of nitrogens with one attached hydrogen (secondary N) is 2. The van der Waals surface area contributed by atoms with Crippen molar-refractivity contribution in [3.63, 3.8) is 0 Å². The summed E-state index contributed by atoms with van der Waals surface area (Å²) < 4.78 is 0. The van der Waals surface area contributed by atoms with Crippen LogP contribution in [0, 0.1) is 13.8 Å². The highest BCUT2D eigenvalue weighted by Gasteiger charge is 2.11. The fourth-order valence-electron chi connectivity index (χ4n) is 2.12. The molecule has 0 aliphatic heterocycles. The Labute approximate surface area is 120 Å². The van der Waals surface area contributed by atoms with Crippen molar-refractivity contribution in [1.82, 2.24) is 9.97 Å². The number of nitrogens with zero attached hydrogens (tertiary/aromatic N) is 1. The van der Waals surface area contributed by atoms with Crippen LogP contribution in [0.15, 0.2) is 35.1 Å². The number of fused-ring (bicyclic) bond motifs is 1. The van der Waals surface area contributed by atoms with Gasteiger partial charge in [-0.25, -0.2) is 4.98 Å². The van der Waals surface area contributed by atoms with E-state index in [4.69, 9.17) is 0 Å². The lowest BCUT2D eigenvalue weighted by Crippen LogP contribution is -2.12. The molecule has 5 heteroatoms.